The van der Waals surface area contributed by atoms with Gasteiger partial charge >= 0.3 is 0 Å². The highest BCUT2D eigenvalue weighted by molar-refractivity contribution is 7.99. The van der Waals surface area contributed by atoms with E-state index in [1.54, 1.807) is 42.2 Å². The number of anilines is 1. The van der Waals surface area contributed by atoms with Crippen molar-refractivity contribution < 1.29 is 9.21 Å². The molecule has 0 aliphatic rings. The lowest BCUT2D eigenvalue weighted by Crippen LogP contribution is -2.18. The van der Waals surface area contributed by atoms with Gasteiger partial charge in [-0.3, -0.25) is 9.59 Å². The van der Waals surface area contributed by atoms with Gasteiger partial charge in [0.2, 0.25) is 0 Å². The minimum Gasteiger partial charge on any atom is -0.454 e. The lowest BCUT2D eigenvalue weighted by Gasteiger charge is -2.08. The summed E-state index contributed by atoms with van der Waals surface area (Å²) in [6, 6.07) is 22.4. The smallest absolute Gasteiger partial charge is 0.291 e. The number of carbonyl (C=O) groups is 1. The number of hydrogen-bond acceptors (Lipinski definition) is 4. The Morgan fingerprint density at radius 1 is 1.00 bits per heavy atom. The third-order valence-corrected chi connectivity index (χ3v) is 5.97. The molecule has 0 atom stereocenters. The highest BCUT2D eigenvalue weighted by Crippen LogP contribution is 2.31. The zero-order valence-corrected chi connectivity index (χ0v) is 18.1. The normalized spacial score (nSPS) is 10.8. The van der Waals surface area contributed by atoms with Crippen LogP contribution in [0, 0.1) is 13.8 Å². The number of furan rings is 1. The molecule has 0 spiro atoms. The monoisotopic (exact) mass is 430 g/mol. The van der Waals surface area contributed by atoms with Crippen molar-refractivity contribution in [1.29, 1.82) is 0 Å². The van der Waals surface area contributed by atoms with Gasteiger partial charge in [-0.2, -0.15) is 0 Å². The number of amides is 1. The van der Waals surface area contributed by atoms with E-state index in [9.17, 15) is 9.59 Å². The van der Waals surface area contributed by atoms with Gasteiger partial charge in [0.15, 0.2) is 5.76 Å². The summed E-state index contributed by atoms with van der Waals surface area (Å²) in [5.41, 5.74) is 3.06. The van der Waals surface area contributed by atoms with Crippen molar-refractivity contribution in [1.82, 2.24) is 4.57 Å². The van der Waals surface area contributed by atoms with Crippen LogP contribution in [0.3, 0.4) is 0 Å². The summed E-state index contributed by atoms with van der Waals surface area (Å²) in [4.78, 5) is 26.6. The standard InChI is InChI=1S/C25H22N2O3S/c1-17-6-13-23(18(2)15-17)31-21-10-7-19(8-11-21)26-25(29)22-12-9-20(30-22)16-27-14-4-3-5-24(27)28/h3-15H,16H2,1-2H3,(H,26,29). The molecule has 0 aliphatic heterocycles. The first-order valence-corrected chi connectivity index (χ1v) is 10.7. The average molecular weight is 431 g/mol. The lowest BCUT2D eigenvalue weighted by molar-refractivity contribution is 0.0994. The Morgan fingerprint density at radius 2 is 1.81 bits per heavy atom. The largest absolute Gasteiger partial charge is 0.454 e. The van der Waals surface area contributed by atoms with E-state index in [1.807, 2.05) is 24.3 Å². The van der Waals surface area contributed by atoms with E-state index in [2.05, 4.69) is 37.4 Å². The Kier molecular flexibility index (Phi) is 6.09. The molecule has 2 heterocycles. The van der Waals surface area contributed by atoms with Crippen LogP contribution in [0.1, 0.15) is 27.4 Å². The Bertz CT molecular complexity index is 1270. The zero-order valence-electron chi connectivity index (χ0n) is 17.3. The summed E-state index contributed by atoms with van der Waals surface area (Å²) in [5.74, 6) is 0.410. The summed E-state index contributed by atoms with van der Waals surface area (Å²) in [6.45, 7) is 4.47. The number of aryl methyl sites for hydroxylation is 2. The molecule has 31 heavy (non-hydrogen) atoms. The number of hydrogen-bond donors (Lipinski definition) is 1. The van der Waals surface area contributed by atoms with Gasteiger partial charge in [-0.05, 0) is 67.9 Å². The number of carbonyl (C=O) groups excluding carboxylic acids is 1. The molecule has 4 aromatic rings. The van der Waals surface area contributed by atoms with Crippen molar-refractivity contribution in [3.63, 3.8) is 0 Å². The third kappa shape index (κ3) is 5.16. The van der Waals surface area contributed by atoms with E-state index in [0.717, 1.165) is 4.90 Å². The molecule has 2 aromatic heterocycles. The van der Waals surface area contributed by atoms with Crippen LogP contribution < -0.4 is 10.9 Å². The van der Waals surface area contributed by atoms with Gasteiger partial charge in [0.1, 0.15) is 5.76 Å². The molecule has 0 fully saturated rings. The van der Waals surface area contributed by atoms with E-state index < -0.39 is 0 Å². The fourth-order valence-corrected chi connectivity index (χ4v) is 4.07. The van der Waals surface area contributed by atoms with Gasteiger partial charge in [-0.15, -0.1) is 0 Å². The van der Waals surface area contributed by atoms with Crippen LogP contribution in [0.5, 0.6) is 0 Å². The third-order valence-electron chi connectivity index (χ3n) is 4.78. The first-order valence-electron chi connectivity index (χ1n) is 9.89. The van der Waals surface area contributed by atoms with E-state index in [-0.39, 0.29) is 23.8 Å². The predicted molar refractivity (Wildman–Crippen MR) is 123 cm³/mol. The fourth-order valence-electron chi connectivity index (χ4n) is 3.18. The quantitative estimate of drug-likeness (QED) is 0.438. The minimum absolute atomic E-state index is 0.122. The molecule has 0 saturated carbocycles. The fraction of sp³-hybridized carbons (Fsp3) is 0.120. The SMILES string of the molecule is Cc1ccc(Sc2ccc(NC(=O)c3ccc(Cn4ccccc4=O)o3)cc2)c(C)c1. The van der Waals surface area contributed by atoms with Gasteiger partial charge in [0.05, 0.1) is 6.54 Å². The first-order chi connectivity index (χ1) is 15.0. The first kappa shape index (κ1) is 20.8. The van der Waals surface area contributed by atoms with Crippen LogP contribution in [0.2, 0.25) is 0 Å². The van der Waals surface area contributed by atoms with E-state index >= 15 is 0 Å². The molecule has 5 nitrogen and oxygen atoms in total. The number of nitrogens with zero attached hydrogens (tertiary/aromatic N) is 1. The summed E-state index contributed by atoms with van der Waals surface area (Å²) in [6.07, 6.45) is 1.68. The zero-order chi connectivity index (χ0) is 21.8. The Labute approximate surface area is 184 Å². The van der Waals surface area contributed by atoms with Crippen LogP contribution in [0.15, 0.2) is 98.0 Å². The summed E-state index contributed by atoms with van der Waals surface area (Å²) < 4.78 is 7.15. The van der Waals surface area contributed by atoms with Gasteiger partial charge in [0, 0.05) is 27.7 Å². The molecule has 156 valence electrons. The molecule has 0 saturated heterocycles. The van der Waals surface area contributed by atoms with Gasteiger partial charge in [-0.1, -0.05) is 35.5 Å². The molecule has 0 aliphatic carbocycles. The molecule has 1 N–H and O–H groups in total. The second-order valence-electron chi connectivity index (χ2n) is 7.28. The Morgan fingerprint density at radius 3 is 2.55 bits per heavy atom. The molecule has 6 heteroatoms. The molecule has 0 unspecified atom stereocenters. The van der Waals surface area contributed by atoms with E-state index in [4.69, 9.17) is 4.42 Å². The molecule has 4 rings (SSSR count). The molecular formula is C25H22N2O3S. The maximum absolute atomic E-state index is 12.5. The van der Waals surface area contributed by atoms with Gasteiger partial charge in [0.25, 0.3) is 11.5 Å². The van der Waals surface area contributed by atoms with E-state index in [0.29, 0.717) is 11.4 Å². The topological polar surface area (TPSA) is 64.2 Å². The average Bonchev–Trinajstić information content (AvgIpc) is 3.22. The summed E-state index contributed by atoms with van der Waals surface area (Å²) in [7, 11) is 0. The summed E-state index contributed by atoms with van der Waals surface area (Å²) in [5, 5.41) is 2.85. The van der Waals surface area contributed by atoms with Crippen molar-refractivity contribution in [2.75, 3.05) is 5.32 Å². The highest BCUT2D eigenvalue weighted by Gasteiger charge is 2.12. The molecule has 1 amide bonds. The second-order valence-corrected chi connectivity index (χ2v) is 8.40. The lowest BCUT2D eigenvalue weighted by atomic mass is 10.2. The van der Waals surface area contributed by atoms with Crippen molar-refractivity contribution in [2.24, 2.45) is 0 Å². The number of aromatic nitrogens is 1. The van der Waals surface area contributed by atoms with Gasteiger partial charge < -0.3 is 14.3 Å². The Balaban J connectivity index is 1.39. The van der Waals surface area contributed by atoms with Crippen LogP contribution in [-0.4, -0.2) is 10.5 Å². The number of rotatable bonds is 6. The molecular weight excluding hydrogens is 408 g/mol. The summed E-state index contributed by atoms with van der Waals surface area (Å²) >= 11 is 1.69. The van der Waals surface area contributed by atoms with E-state index in [1.165, 1.54) is 26.7 Å². The number of pyridine rings is 1. The second kappa shape index (κ2) is 9.10. The van der Waals surface area contributed by atoms with Crippen LogP contribution in [-0.2, 0) is 6.54 Å². The van der Waals surface area contributed by atoms with Crippen molar-refractivity contribution in [3.8, 4) is 0 Å². The van der Waals surface area contributed by atoms with Crippen LogP contribution >= 0.6 is 11.8 Å². The Hall–Kier alpha value is -3.51. The molecule has 0 bridgehead atoms. The van der Waals surface area contributed by atoms with Gasteiger partial charge in [-0.25, -0.2) is 0 Å². The predicted octanol–water partition coefficient (Wildman–Crippen LogP) is 5.51. The number of nitrogens with one attached hydrogen (secondary N) is 1. The van der Waals surface area contributed by atoms with Crippen molar-refractivity contribution in [2.45, 2.75) is 30.2 Å². The molecule has 2 aromatic carbocycles. The van der Waals surface area contributed by atoms with Crippen molar-refractivity contribution >= 4 is 23.4 Å². The van der Waals surface area contributed by atoms with Crippen molar-refractivity contribution in [3.05, 3.63) is 112 Å². The number of benzene rings is 2. The van der Waals surface area contributed by atoms with Crippen LogP contribution in [0.4, 0.5) is 5.69 Å². The highest BCUT2D eigenvalue weighted by atomic mass is 32.2. The molecule has 0 radical (unpaired) electrons. The van der Waals surface area contributed by atoms with Crippen LogP contribution in [0.25, 0.3) is 0 Å². The maximum Gasteiger partial charge on any atom is 0.291 e. The maximum atomic E-state index is 12.5. The minimum atomic E-state index is -0.332.